The van der Waals surface area contributed by atoms with Crippen LogP contribution in [0.25, 0.3) is 16.3 Å². The summed E-state index contributed by atoms with van der Waals surface area (Å²) in [5.74, 6) is 0.863. The van der Waals surface area contributed by atoms with Crippen molar-refractivity contribution < 1.29 is 4.74 Å². The second-order valence-corrected chi connectivity index (χ2v) is 4.80. The van der Waals surface area contributed by atoms with Crippen molar-refractivity contribution >= 4 is 16.3 Å². The number of hydrogen-bond acceptors (Lipinski definition) is 2. The summed E-state index contributed by atoms with van der Waals surface area (Å²) in [4.78, 5) is 4.82. The summed E-state index contributed by atoms with van der Waals surface area (Å²) in [6.45, 7) is 0. The zero-order valence-electron chi connectivity index (χ0n) is 10.7. The van der Waals surface area contributed by atoms with E-state index in [1.54, 1.807) is 7.11 Å². The molecule has 2 aromatic carbocycles. The van der Waals surface area contributed by atoms with Gasteiger partial charge in [0.2, 0.25) is 0 Å². The maximum Gasteiger partial charge on any atom is 0.144 e. The molecule has 2 aliphatic rings. The van der Waals surface area contributed by atoms with Crippen LogP contribution in [0.3, 0.4) is 0 Å². The minimum atomic E-state index is 0.863. The molecular formula is C17H13NO. The molecular weight excluding hydrogens is 234 g/mol. The van der Waals surface area contributed by atoms with E-state index in [2.05, 4.69) is 42.5 Å². The van der Waals surface area contributed by atoms with E-state index in [9.17, 15) is 0 Å². The predicted molar refractivity (Wildman–Crippen MR) is 75.9 cm³/mol. The lowest BCUT2D eigenvalue weighted by molar-refractivity contribution is 0.302. The normalized spacial score (nSPS) is 16.4. The Labute approximate surface area is 111 Å². The first-order valence-electron chi connectivity index (χ1n) is 6.43. The summed E-state index contributed by atoms with van der Waals surface area (Å²) in [5, 5.41) is 4.77. The summed E-state index contributed by atoms with van der Waals surface area (Å²) in [6, 6.07) is 12.7. The SMILES string of the molecule is COC1=C2N=c3c(ccc4ccccc34)=C2CC=C1. The van der Waals surface area contributed by atoms with Crippen molar-refractivity contribution in [1.82, 2.24) is 0 Å². The molecule has 1 heterocycles. The number of fused-ring (bicyclic) bond motifs is 4. The molecule has 0 bridgehead atoms. The predicted octanol–water partition coefficient (Wildman–Crippen LogP) is 2.44. The lowest BCUT2D eigenvalue weighted by Gasteiger charge is -2.11. The van der Waals surface area contributed by atoms with Gasteiger partial charge in [-0.2, -0.15) is 0 Å². The number of methoxy groups -OCH3 is 1. The monoisotopic (exact) mass is 247 g/mol. The fourth-order valence-electron chi connectivity index (χ4n) is 2.86. The fraction of sp³-hybridized carbons (Fsp3) is 0.118. The summed E-state index contributed by atoms with van der Waals surface area (Å²) in [7, 11) is 1.70. The molecule has 0 unspecified atom stereocenters. The van der Waals surface area contributed by atoms with Gasteiger partial charge in [0, 0.05) is 10.6 Å². The molecule has 19 heavy (non-hydrogen) atoms. The van der Waals surface area contributed by atoms with Crippen LogP contribution in [0.2, 0.25) is 0 Å². The highest BCUT2D eigenvalue weighted by molar-refractivity contribution is 5.85. The average molecular weight is 247 g/mol. The molecule has 4 rings (SSSR count). The Balaban J connectivity index is 2.19. The van der Waals surface area contributed by atoms with Crippen molar-refractivity contribution in [3.05, 3.63) is 70.6 Å². The van der Waals surface area contributed by atoms with Gasteiger partial charge in [-0.05, 0) is 23.5 Å². The maximum atomic E-state index is 5.43. The van der Waals surface area contributed by atoms with Gasteiger partial charge >= 0.3 is 0 Å². The lowest BCUT2D eigenvalue weighted by atomic mass is 10.0. The molecule has 2 heteroatoms. The lowest BCUT2D eigenvalue weighted by Crippen LogP contribution is -2.23. The molecule has 0 N–H and O–H groups in total. The van der Waals surface area contributed by atoms with Gasteiger partial charge in [0.1, 0.15) is 11.5 Å². The first-order valence-corrected chi connectivity index (χ1v) is 6.43. The van der Waals surface area contributed by atoms with E-state index in [1.165, 1.54) is 21.6 Å². The number of ether oxygens (including phenoxy) is 1. The smallest absolute Gasteiger partial charge is 0.144 e. The highest BCUT2D eigenvalue weighted by Gasteiger charge is 2.20. The van der Waals surface area contributed by atoms with Gasteiger partial charge in [0.05, 0.1) is 12.5 Å². The van der Waals surface area contributed by atoms with Crippen molar-refractivity contribution in [2.24, 2.45) is 4.99 Å². The molecule has 92 valence electrons. The van der Waals surface area contributed by atoms with Crippen LogP contribution in [0.15, 0.2) is 65.0 Å². The van der Waals surface area contributed by atoms with Crippen LogP contribution in [-0.4, -0.2) is 7.11 Å². The molecule has 0 saturated heterocycles. The quantitative estimate of drug-likeness (QED) is 0.758. The summed E-state index contributed by atoms with van der Waals surface area (Å²) < 4.78 is 5.43. The van der Waals surface area contributed by atoms with Crippen LogP contribution < -0.4 is 10.6 Å². The minimum Gasteiger partial charge on any atom is -0.494 e. The Kier molecular flexibility index (Phi) is 2.12. The number of benzene rings is 2. The Hall–Kier alpha value is -2.35. The Morgan fingerprint density at radius 1 is 1.11 bits per heavy atom. The Morgan fingerprint density at radius 2 is 2.00 bits per heavy atom. The number of nitrogens with zero attached hydrogens (tertiary/aromatic N) is 1. The first-order chi connectivity index (χ1) is 9.38. The molecule has 0 atom stereocenters. The van der Waals surface area contributed by atoms with Crippen molar-refractivity contribution in [3.8, 4) is 0 Å². The Morgan fingerprint density at radius 3 is 2.89 bits per heavy atom. The molecule has 2 aromatic rings. The summed E-state index contributed by atoms with van der Waals surface area (Å²) >= 11 is 0. The number of rotatable bonds is 1. The summed E-state index contributed by atoms with van der Waals surface area (Å²) in [5.41, 5.74) is 2.27. The molecule has 1 aliphatic heterocycles. The van der Waals surface area contributed by atoms with Gasteiger partial charge in [0.15, 0.2) is 0 Å². The molecule has 0 saturated carbocycles. The third-order valence-corrected chi connectivity index (χ3v) is 3.78. The number of allylic oxidation sites excluding steroid dienone is 3. The standard InChI is InChI=1S/C17H13NO/c1-19-15-8-4-7-13-14-10-9-11-5-2-3-6-12(11)16(14)18-17(13)15/h2-6,8-10H,7H2,1H3. The van der Waals surface area contributed by atoms with E-state index in [-0.39, 0.29) is 0 Å². The van der Waals surface area contributed by atoms with E-state index in [0.717, 1.165) is 23.2 Å². The molecule has 0 fully saturated rings. The highest BCUT2D eigenvalue weighted by Crippen LogP contribution is 2.28. The third-order valence-electron chi connectivity index (χ3n) is 3.78. The van der Waals surface area contributed by atoms with Crippen LogP contribution in [0.1, 0.15) is 6.42 Å². The molecule has 1 aliphatic carbocycles. The molecule has 2 nitrogen and oxygen atoms in total. The second kappa shape index (κ2) is 3.82. The van der Waals surface area contributed by atoms with Gasteiger partial charge in [-0.25, -0.2) is 4.99 Å². The Bertz CT molecular complexity index is 872. The topological polar surface area (TPSA) is 21.6 Å². The maximum absolute atomic E-state index is 5.43. The largest absolute Gasteiger partial charge is 0.494 e. The zero-order chi connectivity index (χ0) is 12.8. The van der Waals surface area contributed by atoms with Crippen molar-refractivity contribution in [3.63, 3.8) is 0 Å². The van der Waals surface area contributed by atoms with Gasteiger partial charge < -0.3 is 4.74 Å². The van der Waals surface area contributed by atoms with Gasteiger partial charge in [-0.3, -0.25) is 0 Å². The van der Waals surface area contributed by atoms with E-state index in [4.69, 9.17) is 9.73 Å². The first kappa shape index (κ1) is 10.6. The molecule has 0 radical (unpaired) electrons. The van der Waals surface area contributed by atoms with Crippen LogP contribution in [-0.2, 0) is 4.74 Å². The number of hydrogen-bond donors (Lipinski definition) is 0. The van der Waals surface area contributed by atoms with E-state index >= 15 is 0 Å². The second-order valence-electron chi connectivity index (χ2n) is 4.80. The van der Waals surface area contributed by atoms with Gasteiger partial charge in [0.25, 0.3) is 0 Å². The van der Waals surface area contributed by atoms with Gasteiger partial charge in [-0.15, -0.1) is 0 Å². The summed E-state index contributed by atoms with van der Waals surface area (Å²) in [6.07, 6.45) is 5.07. The average Bonchev–Trinajstić information content (AvgIpc) is 2.86. The fourth-order valence-corrected chi connectivity index (χ4v) is 2.86. The molecule has 0 amide bonds. The van der Waals surface area contributed by atoms with Crippen molar-refractivity contribution in [2.75, 3.05) is 7.11 Å². The zero-order valence-corrected chi connectivity index (χ0v) is 10.7. The van der Waals surface area contributed by atoms with Gasteiger partial charge in [-0.1, -0.05) is 42.5 Å². The van der Waals surface area contributed by atoms with Crippen LogP contribution in [0.5, 0.6) is 0 Å². The van der Waals surface area contributed by atoms with E-state index < -0.39 is 0 Å². The van der Waals surface area contributed by atoms with Crippen molar-refractivity contribution in [2.45, 2.75) is 6.42 Å². The van der Waals surface area contributed by atoms with E-state index in [1.807, 2.05) is 6.08 Å². The van der Waals surface area contributed by atoms with Crippen molar-refractivity contribution in [1.29, 1.82) is 0 Å². The third kappa shape index (κ3) is 1.40. The molecule has 0 spiro atoms. The van der Waals surface area contributed by atoms with Crippen LogP contribution >= 0.6 is 0 Å². The van der Waals surface area contributed by atoms with E-state index in [0.29, 0.717) is 0 Å². The molecule has 0 aromatic heterocycles. The van der Waals surface area contributed by atoms with Crippen LogP contribution in [0, 0.1) is 0 Å². The minimum absolute atomic E-state index is 0.863. The van der Waals surface area contributed by atoms with Crippen LogP contribution in [0.4, 0.5) is 0 Å². The highest BCUT2D eigenvalue weighted by atomic mass is 16.5.